The maximum atomic E-state index is 12.8. The van der Waals surface area contributed by atoms with E-state index in [1.54, 1.807) is 0 Å². The SMILES string of the molecule is CC(C)(C)c1ccc(C(=O)N2CC[NH+](CC=Cc3ccccc3)CC2)cc1. The molecule has 0 aliphatic carbocycles. The molecule has 2 aromatic carbocycles. The first-order valence-corrected chi connectivity index (χ1v) is 9.88. The van der Waals surface area contributed by atoms with E-state index < -0.39 is 0 Å². The topological polar surface area (TPSA) is 24.8 Å². The first-order chi connectivity index (χ1) is 12.9. The second kappa shape index (κ2) is 8.53. The Morgan fingerprint density at radius 2 is 1.63 bits per heavy atom. The van der Waals surface area contributed by atoms with Crippen LogP contribution < -0.4 is 4.90 Å². The van der Waals surface area contributed by atoms with Crippen LogP contribution in [-0.2, 0) is 5.41 Å². The van der Waals surface area contributed by atoms with Crippen LogP contribution in [0.3, 0.4) is 0 Å². The van der Waals surface area contributed by atoms with Gasteiger partial charge in [-0.15, -0.1) is 0 Å². The first kappa shape index (κ1) is 19.4. The molecule has 0 atom stereocenters. The number of piperazine rings is 1. The van der Waals surface area contributed by atoms with Crippen molar-refractivity contribution >= 4 is 12.0 Å². The standard InChI is InChI=1S/C24H30N2O/c1-24(2,3)22-13-11-21(12-14-22)23(27)26-18-16-25(17-19-26)15-7-10-20-8-5-4-6-9-20/h4-14H,15-19H2,1-3H3/p+1. The average Bonchev–Trinajstić information content (AvgIpc) is 2.68. The highest BCUT2D eigenvalue weighted by molar-refractivity contribution is 5.94. The lowest BCUT2D eigenvalue weighted by Crippen LogP contribution is -3.14. The highest BCUT2D eigenvalue weighted by Gasteiger charge is 2.24. The zero-order valence-corrected chi connectivity index (χ0v) is 16.7. The molecule has 0 spiro atoms. The van der Waals surface area contributed by atoms with Crippen molar-refractivity contribution in [2.24, 2.45) is 0 Å². The predicted molar refractivity (Wildman–Crippen MR) is 112 cm³/mol. The Labute approximate surface area is 163 Å². The van der Waals surface area contributed by atoms with Crippen LogP contribution in [0.4, 0.5) is 0 Å². The summed E-state index contributed by atoms with van der Waals surface area (Å²) in [4.78, 5) is 16.3. The van der Waals surface area contributed by atoms with E-state index in [0.29, 0.717) is 0 Å². The molecule has 1 saturated heterocycles. The number of benzene rings is 2. The van der Waals surface area contributed by atoms with Gasteiger partial charge in [-0.1, -0.05) is 69.3 Å². The molecular formula is C24H31N2O+. The number of amides is 1. The molecule has 1 aliphatic heterocycles. The lowest BCUT2D eigenvalue weighted by Gasteiger charge is -2.32. The van der Waals surface area contributed by atoms with Gasteiger partial charge in [0.2, 0.25) is 0 Å². The zero-order chi connectivity index (χ0) is 19.3. The zero-order valence-electron chi connectivity index (χ0n) is 16.7. The molecular weight excluding hydrogens is 332 g/mol. The minimum atomic E-state index is 0.115. The smallest absolute Gasteiger partial charge is 0.254 e. The number of hydrogen-bond acceptors (Lipinski definition) is 1. The van der Waals surface area contributed by atoms with E-state index in [-0.39, 0.29) is 11.3 Å². The number of nitrogens with zero attached hydrogens (tertiary/aromatic N) is 1. The van der Waals surface area contributed by atoms with Gasteiger partial charge in [-0.2, -0.15) is 0 Å². The van der Waals surface area contributed by atoms with Crippen LogP contribution in [0, 0.1) is 0 Å². The van der Waals surface area contributed by atoms with E-state index in [0.717, 1.165) is 38.3 Å². The van der Waals surface area contributed by atoms with Crippen LogP contribution >= 0.6 is 0 Å². The van der Waals surface area contributed by atoms with Gasteiger partial charge in [0.15, 0.2) is 0 Å². The molecule has 3 heteroatoms. The Morgan fingerprint density at radius 1 is 1.00 bits per heavy atom. The highest BCUT2D eigenvalue weighted by Crippen LogP contribution is 2.22. The van der Waals surface area contributed by atoms with Gasteiger partial charge in [0.1, 0.15) is 0 Å². The van der Waals surface area contributed by atoms with Gasteiger partial charge < -0.3 is 9.80 Å². The molecule has 1 aliphatic rings. The Bertz CT molecular complexity index is 764. The Hall–Kier alpha value is -2.39. The second-order valence-electron chi connectivity index (χ2n) is 8.39. The number of quaternary nitrogens is 1. The number of rotatable bonds is 4. The highest BCUT2D eigenvalue weighted by atomic mass is 16.2. The molecule has 0 aromatic heterocycles. The lowest BCUT2D eigenvalue weighted by atomic mass is 9.86. The summed E-state index contributed by atoms with van der Waals surface area (Å²) in [6, 6.07) is 18.5. The first-order valence-electron chi connectivity index (χ1n) is 9.88. The minimum Gasteiger partial charge on any atom is -0.329 e. The molecule has 0 unspecified atom stereocenters. The normalized spacial score (nSPS) is 16.0. The molecule has 1 amide bonds. The van der Waals surface area contributed by atoms with Crippen molar-refractivity contribution in [2.75, 3.05) is 32.7 Å². The third-order valence-electron chi connectivity index (χ3n) is 5.27. The van der Waals surface area contributed by atoms with Gasteiger partial charge >= 0.3 is 0 Å². The van der Waals surface area contributed by atoms with E-state index in [2.05, 4.69) is 69.3 Å². The largest absolute Gasteiger partial charge is 0.329 e. The van der Waals surface area contributed by atoms with Crippen molar-refractivity contribution in [3.63, 3.8) is 0 Å². The van der Waals surface area contributed by atoms with Crippen molar-refractivity contribution < 1.29 is 9.69 Å². The summed E-state index contributed by atoms with van der Waals surface area (Å²) in [5, 5.41) is 0. The van der Waals surface area contributed by atoms with E-state index >= 15 is 0 Å². The molecule has 3 rings (SSSR count). The average molecular weight is 364 g/mol. The number of nitrogens with one attached hydrogen (secondary N) is 1. The molecule has 27 heavy (non-hydrogen) atoms. The third kappa shape index (κ3) is 5.30. The van der Waals surface area contributed by atoms with Crippen molar-refractivity contribution in [3.05, 3.63) is 77.4 Å². The Morgan fingerprint density at radius 3 is 2.22 bits per heavy atom. The third-order valence-corrected chi connectivity index (χ3v) is 5.27. The summed E-state index contributed by atoms with van der Waals surface area (Å²) in [6.45, 7) is 11.3. The molecule has 1 N–H and O–H groups in total. The van der Waals surface area contributed by atoms with Crippen LogP contribution in [-0.4, -0.2) is 43.5 Å². The van der Waals surface area contributed by atoms with E-state index in [1.807, 2.05) is 23.1 Å². The Kier molecular flexibility index (Phi) is 6.12. The molecule has 0 saturated carbocycles. The molecule has 0 bridgehead atoms. The number of carbonyl (C=O) groups excluding carboxylic acids is 1. The second-order valence-corrected chi connectivity index (χ2v) is 8.39. The monoisotopic (exact) mass is 363 g/mol. The van der Waals surface area contributed by atoms with Crippen molar-refractivity contribution in [3.8, 4) is 0 Å². The number of carbonyl (C=O) groups is 1. The summed E-state index contributed by atoms with van der Waals surface area (Å²) in [7, 11) is 0. The minimum absolute atomic E-state index is 0.115. The van der Waals surface area contributed by atoms with Gasteiger partial charge in [-0.25, -0.2) is 0 Å². The molecule has 2 aromatic rings. The predicted octanol–water partition coefficient (Wildman–Crippen LogP) is 3.04. The number of hydrogen-bond donors (Lipinski definition) is 1. The molecule has 1 fully saturated rings. The van der Waals surface area contributed by atoms with Gasteiger partial charge in [-0.3, -0.25) is 4.79 Å². The molecule has 0 radical (unpaired) electrons. The van der Waals surface area contributed by atoms with Crippen LogP contribution in [0.5, 0.6) is 0 Å². The summed E-state index contributed by atoms with van der Waals surface area (Å²) < 4.78 is 0. The van der Waals surface area contributed by atoms with Gasteiger partial charge in [-0.05, 0) is 34.8 Å². The van der Waals surface area contributed by atoms with Crippen molar-refractivity contribution in [1.29, 1.82) is 0 Å². The van der Waals surface area contributed by atoms with Crippen molar-refractivity contribution in [1.82, 2.24) is 4.90 Å². The maximum Gasteiger partial charge on any atom is 0.254 e. The van der Waals surface area contributed by atoms with Crippen LogP contribution in [0.1, 0.15) is 42.3 Å². The quantitative estimate of drug-likeness (QED) is 0.887. The van der Waals surface area contributed by atoms with Gasteiger partial charge in [0.05, 0.1) is 32.7 Å². The van der Waals surface area contributed by atoms with Crippen LogP contribution in [0.2, 0.25) is 0 Å². The van der Waals surface area contributed by atoms with E-state index in [9.17, 15) is 4.79 Å². The molecule has 3 nitrogen and oxygen atoms in total. The summed E-state index contributed by atoms with van der Waals surface area (Å²) in [5.74, 6) is 0.161. The fraction of sp³-hybridized carbons (Fsp3) is 0.375. The van der Waals surface area contributed by atoms with E-state index in [4.69, 9.17) is 0 Å². The van der Waals surface area contributed by atoms with Gasteiger partial charge in [0, 0.05) is 5.56 Å². The molecule has 1 heterocycles. The molecule has 142 valence electrons. The Balaban J connectivity index is 1.50. The summed E-state index contributed by atoms with van der Waals surface area (Å²) >= 11 is 0. The fourth-order valence-electron chi connectivity index (χ4n) is 3.45. The van der Waals surface area contributed by atoms with Crippen LogP contribution in [0.15, 0.2) is 60.7 Å². The van der Waals surface area contributed by atoms with Crippen LogP contribution in [0.25, 0.3) is 6.08 Å². The fourth-order valence-corrected chi connectivity index (χ4v) is 3.45. The lowest BCUT2D eigenvalue weighted by molar-refractivity contribution is -0.898. The maximum absolute atomic E-state index is 12.8. The van der Waals surface area contributed by atoms with Gasteiger partial charge in [0.25, 0.3) is 5.91 Å². The summed E-state index contributed by atoms with van der Waals surface area (Å²) in [6.07, 6.45) is 4.43. The van der Waals surface area contributed by atoms with E-state index in [1.165, 1.54) is 16.0 Å². The summed E-state index contributed by atoms with van der Waals surface area (Å²) in [5.41, 5.74) is 3.42. The van der Waals surface area contributed by atoms with Crippen molar-refractivity contribution in [2.45, 2.75) is 26.2 Å².